The Labute approximate surface area is 161 Å². The molecule has 1 aliphatic rings. The Kier molecular flexibility index (Phi) is 6.13. The highest BCUT2D eigenvalue weighted by Crippen LogP contribution is 2.21. The van der Waals surface area contributed by atoms with Gasteiger partial charge in [-0.05, 0) is 35.7 Å². The van der Waals surface area contributed by atoms with Gasteiger partial charge in [0.05, 0.1) is 19.4 Å². The first-order chi connectivity index (χ1) is 13.1. The van der Waals surface area contributed by atoms with E-state index in [-0.39, 0.29) is 29.4 Å². The topological polar surface area (TPSA) is 75.7 Å². The Morgan fingerprint density at radius 1 is 1.19 bits per heavy atom. The molecular weight excluding hydrogens is 364 g/mol. The lowest BCUT2D eigenvalue weighted by molar-refractivity contribution is -0.125. The summed E-state index contributed by atoms with van der Waals surface area (Å²) < 4.78 is 5.31. The second-order valence-corrected chi connectivity index (χ2v) is 6.98. The zero-order chi connectivity index (χ0) is 19.2. The van der Waals surface area contributed by atoms with E-state index in [9.17, 15) is 14.4 Å². The maximum atomic E-state index is 12.4. The molecule has 0 atom stereocenters. The van der Waals surface area contributed by atoms with Gasteiger partial charge in [0.1, 0.15) is 5.75 Å². The molecule has 1 aliphatic heterocycles. The summed E-state index contributed by atoms with van der Waals surface area (Å²) >= 11 is 1.00. The number of benzene rings is 2. The van der Waals surface area contributed by atoms with Crippen LogP contribution in [-0.4, -0.2) is 41.4 Å². The smallest absolute Gasteiger partial charge is 0.289 e. The van der Waals surface area contributed by atoms with Crippen LogP contribution in [0.15, 0.2) is 48.5 Å². The van der Waals surface area contributed by atoms with Gasteiger partial charge in [-0.2, -0.15) is 0 Å². The van der Waals surface area contributed by atoms with Crippen LogP contribution in [0.1, 0.15) is 21.5 Å². The van der Waals surface area contributed by atoms with Crippen molar-refractivity contribution < 1.29 is 19.1 Å². The lowest BCUT2D eigenvalue weighted by atomic mass is 10.1. The van der Waals surface area contributed by atoms with Crippen LogP contribution in [0.3, 0.4) is 0 Å². The molecule has 0 unspecified atom stereocenters. The normalized spacial score (nSPS) is 13.7. The van der Waals surface area contributed by atoms with Crippen molar-refractivity contribution in [3.05, 3.63) is 65.2 Å². The molecule has 2 aromatic carbocycles. The number of hydrogen-bond donors (Lipinski definition) is 1. The van der Waals surface area contributed by atoms with Crippen LogP contribution < -0.4 is 10.1 Å². The Balaban J connectivity index is 1.58. The van der Waals surface area contributed by atoms with Crippen LogP contribution in [0.25, 0.3) is 0 Å². The predicted molar refractivity (Wildman–Crippen MR) is 104 cm³/mol. The molecule has 27 heavy (non-hydrogen) atoms. The summed E-state index contributed by atoms with van der Waals surface area (Å²) in [7, 11) is 1.62. The number of para-hydroxylation sites is 1. The quantitative estimate of drug-likeness (QED) is 0.794. The van der Waals surface area contributed by atoms with E-state index in [0.29, 0.717) is 18.5 Å². The number of nitrogens with zero attached hydrogens (tertiary/aromatic N) is 1. The highest BCUT2D eigenvalue weighted by molar-refractivity contribution is 8.14. The molecule has 0 saturated carbocycles. The number of ether oxygens (including phenoxy) is 1. The number of carbonyl (C=O) groups excluding carboxylic acids is 3. The minimum Gasteiger partial charge on any atom is -0.496 e. The third-order valence-electron chi connectivity index (χ3n) is 4.24. The Hall–Kier alpha value is -2.80. The molecule has 3 rings (SSSR count). The van der Waals surface area contributed by atoms with Crippen molar-refractivity contribution in [3.8, 4) is 5.75 Å². The molecule has 0 aromatic heterocycles. The molecule has 140 valence electrons. The van der Waals surface area contributed by atoms with Crippen molar-refractivity contribution in [2.45, 2.75) is 13.0 Å². The molecule has 0 bridgehead atoms. The fraction of sp³-hybridized carbons (Fsp3) is 0.250. The van der Waals surface area contributed by atoms with E-state index in [1.807, 2.05) is 24.3 Å². The fourth-order valence-corrected chi connectivity index (χ4v) is 3.57. The first-order valence-electron chi connectivity index (χ1n) is 8.54. The van der Waals surface area contributed by atoms with E-state index >= 15 is 0 Å². The fourth-order valence-electron chi connectivity index (χ4n) is 2.85. The van der Waals surface area contributed by atoms with Crippen molar-refractivity contribution in [1.82, 2.24) is 10.2 Å². The summed E-state index contributed by atoms with van der Waals surface area (Å²) in [5.74, 6) is 0.588. The zero-order valence-electron chi connectivity index (χ0n) is 14.9. The average molecular weight is 384 g/mol. The molecule has 6 nitrogen and oxygen atoms in total. The van der Waals surface area contributed by atoms with Gasteiger partial charge < -0.3 is 10.1 Å². The number of rotatable bonds is 7. The molecule has 0 spiro atoms. The van der Waals surface area contributed by atoms with Crippen molar-refractivity contribution in [1.29, 1.82) is 0 Å². The van der Waals surface area contributed by atoms with E-state index in [0.717, 1.165) is 28.6 Å². The van der Waals surface area contributed by atoms with E-state index in [4.69, 9.17) is 4.74 Å². The van der Waals surface area contributed by atoms with Gasteiger partial charge >= 0.3 is 0 Å². The molecule has 1 fully saturated rings. The van der Waals surface area contributed by atoms with Crippen LogP contribution in [0.2, 0.25) is 0 Å². The second-order valence-electron chi connectivity index (χ2n) is 6.05. The first-order valence-corrected chi connectivity index (χ1v) is 9.53. The van der Waals surface area contributed by atoms with Crippen LogP contribution in [-0.2, 0) is 17.8 Å². The summed E-state index contributed by atoms with van der Waals surface area (Å²) in [4.78, 5) is 37.1. The van der Waals surface area contributed by atoms with Crippen LogP contribution in [0.5, 0.6) is 5.75 Å². The maximum absolute atomic E-state index is 12.4. The van der Waals surface area contributed by atoms with Crippen LogP contribution >= 0.6 is 11.8 Å². The summed E-state index contributed by atoms with van der Waals surface area (Å²) in [6, 6.07) is 14.7. The zero-order valence-corrected chi connectivity index (χ0v) is 15.8. The monoisotopic (exact) mass is 384 g/mol. The molecule has 0 aliphatic carbocycles. The van der Waals surface area contributed by atoms with Crippen LogP contribution in [0, 0.1) is 0 Å². The van der Waals surface area contributed by atoms with Crippen molar-refractivity contribution in [3.63, 3.8) is 0 Å². The molecular formula is C20H20N2O4S. The summed E-state index contributed by atoms with van der Waals surface area (Å²) in [5, 5.41) is 2.65. The minimum absolute atomic E-state index is 0.182. The van der Waals surface area contributed by atoms with Gasteiger partial charge in [0.25, 0.3) is 11.1 Å². The lowest BCUT2D eigenvalue weighted by Gasteiger charge is -2.13. The largest absolute Gasteiger partial charge is 0.496 e. The lowest BCUT2D eigenvalue weighted by Crippen LogP contribution is -2.28. The molecule has 7 heteroatoms. The molecule has 1 heterocycles. The maximum Gasteiger partial charge on any atom is 0.289 e. The Morgan fingerprint density at radius 3 is 2.74 bits per heavy atom. The van der Waals surface area contributed by atoms with E-state index in [2.05, 4.69) is 5.32 Å². The van der Waals surface area contributed by atoms with Crippen molar-refractivity contribution >= 4 is 28.8 Å². The average Bonchev–Trinajstić information content (AvgIpc) is 3.00. The van der Waals surface area contributed by atoms with Crippen molar-refractivity contribution in [2.75, 3.05) is 19.4 Å². The number of amides is 3. The number of hydrogen-bond acceptors (Lipinski definition) is 5. The van der Waals surface area contributed by atoms with Crippen LogP contribution in [0.4, 0.5) is 4.79 Å². The third kappa shape index (κ3) is 4.68. The van der Waals surface area contributed by atoms with Gasteiger partial charge in [-0.1, -0.05) is 42.1 Å². The third-order valence-corrected chi connectivity index (χ3v) is 5.10. The molecule has 1 N–H and O–H groups in total. The number of imide groups is 1. The number of carbonyl (C=O) groups is 3. The van der Waals surface area contributed by atoms with E-state index < -0.39 is 0 Å². The summed E-state index contributed by atoms with van der Waals surface area (Å²) in [5.41, 5.74) is 2.27. The summed E-state index contributed by atoms with van der Waals surface area (Å²) in [6.07, 6.45) is 0.656. The standard InChI is InChI=1S/C20H20N2O4S/c1-26-17-8-3-2-6-15(17)9-10-21-19(24)16-7-4-5-14(11-16)12-22-18(23)13-27-20(22)25/h2-8,11H,9-10,12-13H2,1H3,(H,21,24). The molecule has 0 radical (unpaired) electrons. The van der Waals surface area contributed by atoms with E-state index in [1.54, 1.807) is 31.4 Å². The van der Waals surface area contributed by atoms with Gasteiger partial charge in [-0.15, -0.1) is 0 Å². The second kappa shape index (κ2) is 8.73. The minimum atomic E-state index is -0.244. The summed E-state index contributed by atoms with van der Waals surface area (Å²) in [6.45, 7) is 0.663. The molecule has 1 saturated heterocycles. The number of nitrogens with one attached hydrogen (secondary N) is 1. The van der Waals surface area contributed by atoms with Gasteiger partial charge in [-0.3, -0.25) is 19.3 Å². The highest BCUT2D eigenvalue weighted by atomic mass is 32.2. The number of methoxy groups -OCH3 is 1. The van der Waals surface area contributed by atoms with Crippen molar-refractivity contribution in [2.24, 2.45) is 0 Å². The first kappa shape index (κ1) is 19.0. The van der Waals surface area contributed by atoms with Gasteiger partial charge in [0, 0.05) is 12.1 Å². The predicted octanol–water partition coefficient (Wildman–Crippen LogP) is 2.86. The van der Waals surface area contributed by atoms with Gasteiger partial charge in [-0.25, -0.2) is 0 Å². The SMILES string of the molecule is COc1ccccc1CCNC(=O)c1cccc(CN2C(=O)CSC2=O)c1. The highest BCUT2D eigenvalue weighted by Gasteiger charge is 2.29. The number of thioether (sulfide) groups is 1. The van der Waals surface area contributed by atoms with Gasteiger partial charge in [0.2, 0.25) is 5.91 Å². The molecule has 2 aromatic rings. The molecule has 3 amide bonds. The van der Waals surface area contributed by atoms with E-state index in [1.165, 1.54) is 4.90 Å². The Morgan fingerprint density at radius 2 is 2.00 bits per heavy atom. The Bertz CT molecular complexity index is 853. The van der Waals surface area contributed by atoms with Gasteiger partial charge in [0.15, 0.2) is 0 Å².